The van der Waals surface area contributed by atoms with Crippen molar-refractivity contribution < 1.29 is 23.9 Å². The quantitative estimate of drug-likeness (QED) is 0.613. The van der Waals surface area contributed by atoms with E-state index in [-0.39, 0.29) is 13.2 Å². The lowest BCUT2D eigenvalue weighted by atomic mass is 10.2. The van der Waals surface area contributed by atoms with Gasteiger partial charge in [-0.25, -0.2) is 4.79 Å². The average molecular weight is 327 g/mol. The molecular weight excluding hydrogens is 306 g/mol. The molecule has 22 heavy (non-hydrogen) atoms. The Morgan fingerprint density at radius 3 is 2.50 bits per heavy atom. The summed E-state index contributed by atoms with van der Waals surface area (Å²) in [5.41, 5.74) is -0.366. The van der Waals surface area contributed by atoms with Crippen LogP contribution in [0.5, 0.6) is 0 Å². The number of aldehydes is 1. The number of esters is 1. The van der Waals surface area contributed by atoms with Crippen LogP contribution in [0.2, 0.25) is 0 Å². The Kier molecular flexibility index (Phi) is 6.11. The average Bonchev–Trinajstić information content (AvgIpc) is 2.75. The molecule has 0 saturated carbocycles. The molecule has 6 nitrogen and oxygen atoms in total. The van der Waals surface area contributed by atoms with Gasteiger partial charge in [-0.3, -0.25) is 14.5 Å². The van der Waals surface area contributed by atoms with Gasteiger partial charge in [0.05, 0.1) is 6.61 Å². The third kappa shape index (κ3) is 5.14. The first kappa shape index (κ1) is 18.2. The van der Waals surface area contributed by atoms with Crippen LogP contribution in [-0.2, 0) is 14.3 Å². The van der Waals surface area contributed by atoms with Crippen LogP contribution < -0.4 is 4.90 Å². The number of rotatable bonds is 5. The Labute approximate surface area is 134 Å². The van der Waals surface area contributed by atoms with Gasteiger partial charge in [0.15, 0.2) is 6.29 Å². The molecule has 1 aromatic rings. The van der Waals surface area contributed by atoms with Crippen molar-refractivity contribution in [3.05, 3.63) is 16.5 Å². The van der Waals surface area contributed by atoms with Crippen LogP contribution >= 0.6 is 11.3 Å². The molecule has 1 heterocycles. The predicted molar refractivity (Wildman–Crippen MR) is 84.7 cm³/mol. The van der Waals surface area contributed by atoms with Gasteiger partial charge in [0.1, 0.15) is 17.1 Å². The van der Waals surface area contributed by atoms with Crippen LogP contribution in [0.1, 0.15) is 42.9 Å². The number of carbonyl (C=O) groups is 3. The highest BCUT2D eigenvalue weighted by molar-refractivity contribution is 7.16. The second-order valence-corrected chi connectivity index (χ2v) is 6.84. The van der Waals surface area contributed by atoms with E-state index in [4.69, 9.17) is 9.47 Å². The Morgan fingerprint density at radius 2 is 2.00 bits per heavy atom. The fourth-order valence-electron chi connectivity index (χ4n) is 1.69. The van der Waals surface area contributed by atoms with Gasteiger partial charge in [0.25, 0.3) is 0 Å². The second kappa shape index (κ2) is 7.40. The predicted octanol–water partition coefficient (Wildman–Crippen LogP) is 3.17. The minimum absolute atomic E-state index is 0.213. The molecule has 1 amide bonds. The minimum Gasteiger partial charge on any atom is -0.465 e. The summed E-state index contributed by atoms with van der Waals surface area (Å²) < 4.78 is 10.2. The van der Waals surface area contributed by atoms with Gasteiger partial charge in [-0.2, -0.15) is 0 Å². The maximum Gasteiger partial charge on any atom is 0.416 e. The highest BCUT2D eigenvalue weighted by Gasteiger charge is 2.28. The molecule has 0 aromatic carbocycles. The van der Waals surface area contributed by atoms with Crippen molar-refractivity contribution in [1.29, 1.82) is 0 Å². The zero-order valence-corrected chi connectivity index (χ0v) is 14.3. The maximum absolute atomic E-state index is 12.4. The van der Waals surface area contributed by atoms with E-state index >= 15 is 0 Å². The molecular formula is C15H21NO5S. The fraction of sp³-hybridized carbons (Fsp3) is 0.533. The molecule has 1 rings (SSSR count). The topological polar surface area (TPSA) is 72.9 Å². The van der Waals surface area contributed by atoms with E-state index in [2.05, 4.69) is 0 Å². The summed E-state index contributed by atoms with van der Waals surface area (Å²) >= 11 is 1.25. The summed E-state index contributed by atoms with van der Waals surface area (Å²) in [6.45, 7) is 8.60. The fourth-order valence-corrected chi connectivity index (χ4v) is 2.65. The number of amides is 1. The summed E-state index contributed by atoms with van der Waals surface area (Å²) in [4.78, 5) is 37.3. The van der Waals surface area contributed by atoms with E-state index in [0.29, 0.717) is 16.9 Å². The van der Waals surface area contributed by atoms with Crippen LogP contribution in [0.25, 0.3) is 0 Å². The molecule has 0 aliphatic rings. The zero-order valence-electron chi connectivity index (χ0n) is 13.5. The third-order valence-corrected chi connectivity index (χ3v) is 3.53. The van der Waals surface area contributed by atoms with Crippen molar-refractivity contribution in [1.82, 2.24) is 0 Å². The summed E-state index contributed by atoms with van der Waals surface area (Å²) in [5.74, 6) is -0.559. The molecule has 0 saturated heterocycles. The summed E-state index contributed by atoms with van der Waals surface area (Å²) in [6, 6.07) is 1.66. The Bertz CT molecular complexity index is 559. The molecule has 1 aromatic heterocycles. The van der Waals surface area contributed by atoms with Gasteiger partial charge < -0.3 is 9.47 Å². The van der Waals surface area contributed by atoms with Crippen molar-refractivity contribution in [3.8, 4) is 0 Å². The number of hydrogen-bond acceptors (Lipinski definition) is 6. The number of aryl methyl sites for hydroxylation is 1. The minimum atomic E-state index is -0.711. The molecule has 0 bridgehead atoms. The van der Waals surface area contributed by atoms with Crippen molar-refractivity contribution >= 4 is 34.7 Å². The van der Waals surface area contributed by atoms with Crippen LogP contribution in [0.3, 0.4) is 0 Å². The first-order valence-electron chi connectivity index (χ1n) is 6.89. The molecule has 0 radical (unpaired) electrons. The van der Waals surface area contributed by atoms with E-state index in [1.807, 2.05) is 6.92 Å². The molecule has 0 N–H and O–H groups in total. The zero-order chi connectivity index (χ0) is 16.9. The summed E-state index contributed by atoms with van der Waals surface area (Å²) in [6.07, 6.45) is -0.0352. The monoisotopic (exact) mass is 327 g/mol. The highest BCUT2D eigenvalue weighted by Crippen LogP contribution is 2.31. The number of thiophene rings is 1. The van der Waals surface area contributed by atoms with E-state index in [1.54, 1.807) is 33.8 Å². The lowest BCUT2D eigenvalue weighted by Crippen LogP contribution is -2.40. The van der Waals surface area contributed by atoms with Crippen molar-refractivity contribution in [2.75, 3.05) is 18.1 Å². The molecule has 0 unspecified atom stereocenters. The molecule has 0 aliphatic heterocycles. The van der Waals surface area contributed by atoms with Gasteiger partial charge in [-0.1, -0.05) is 0 Å². The molecule has 0 aliphatic carbocycles. The number of ether oxygens (including phenoxy) is 2. The SMILES string of the molecule is CCOC(=O)CN(C(=O)OC(C)(C)C)c1sc(C)cc1C=O. The second-order valence-electron chi connectivity index (χ2n) is 5.61. The Hall–Kier alpha value is -1.89. The summed E-state index contributed by atoms with van der Waals surface area (Å²) in [5, 5.41) is 0.384. The first-order valence-corrected chi connectivity index (χ1v) is 7.71. The number of carbonyl (C=O) groups excluding carboxylic acids is 3. The highest BCUT2D eigenvalue weighted by atomic mass is 32.1. The number of nitrogens with zero attached hydrogens (tertiary/aromatic N) is 1. The number of anilines is 1. The van der Waals surface area contributed by atoms with Gasteiger partial charge in [0.2, 0.25) is 0 Å². The molecule has 0 fully saturated rings. The van der Waals surface area contributed by atoms with Gasteiger partial charge in [0, 0.05) is 10.4 Å². The van der Waals surface area contributed by atoms with E-state index in [0.717, 1.165) is 9.78 Å². The molecule has 122 valence electrons. The van der Waals surface area contributed by atoms with Gasteiger partial charge in [-0.15, -0.1) is 11.3 Å². The van der Waals surface area contributed by atoms with Crippen molar-refractivity contribution in [2.24, 2.45) is 0 Å². The van der Waals surface area contributed by atoms with E-state index in [1.165, 1.54) is 11.3 Å². The lowest BCUT2D eigenvalue weighted by molar-refractivity contribution is -0.141. The first-order chi connectivity index (χ1) is 10.2. The van der Waals surface area contributed by atoms with Gasteiger partial charge >= 0.3 is 12.1 Å². The Morgan fingerprint density at radius 1 is 1.36 bits per heavy atom. The Balaban J connectivity index is 3.12. The molecule has 7 heteroatoms. The van der Waals surface area contributed by atoms with E-state index < -0.39 is 17.7 Å². The van der Waals surface area contributed by atoms with Crippen LogP contribution in [0, 0.1) is 6.92 Å². The van der Waals surface area contributed by atoms with Crippen LogP contribution in [0.15, 0.2) is 6.07 Å². The van der Waals surface area contributed by atoms with Gasteiger partial charge in [-0.05, 0) is 40.7 Å². The van der Waals surface area contributed by atoms with Crippen LogP contribution in [0.4, 0.5) is 9.80 Å². The number of hydrogen-bond donors (Lipinski definition) is 0. The maximum atomic E-state index is 12.4. The normalized spacial score (nSPS) is 11.0. The van der Waals surface area contributed by atoms with Crippen LogP contribution in [-0.4, -0.2) is 37.1 Å². The third-order valence-electron chi connectivity index (χ3n) is 2.44. The van der Waals surface area contributed by atoms with Crippen molar-refractivity contribution in [3.63, 3.8) is 0 Å². The van der Waals surface area contributed by atoms with E-state index in [9.17, 15) is 14.4 Å². The largest absolute Gasteiger partial charge is 0.465 e. The molecule has 0 atom stereocenters. The van der Waals surface area contributed by atoms with Crippen molar-refractivity contribution in [2.45, 2.75) is 40.2 Å². The smallest absolute Gasteiger partial charge is 0.416 e. The lowest BCUT2D eigenvalue weighted by Gasteiger charge is -2.26. The summed E-state index contributed by atoms with van der Waals surface area (Å²) in [7, 11) is 0. The molecule has 0 spiro atoms. The standard InChI is InChI=1S/C15H21NO5S/c1-6-20-12(18)8-16(14(19)21-15(3,4)5)13-11(9-17)7-10(2)22-13/h7,9H,6,8H2,1-5H3.